The Morgan fingerprint density at radius 3 is 2.36 bits per heavy atom. The van der Waals surface area contributed by atoms with Crippen LogP contribution in [-0.4, -0.2) is 54.4 Å². The molecule has 1 rings (SSSR count). The van der Waals surface area contributed by atoms with Crippen LogP contribution in [0.1, 0.15) is 46.1 Å². The van der Waals surface area contributed by atoms with Crippen LogP contribution < -0.4 is 0 Å². The summed E-state index contributed by atoms with van der Waals surface area (Å²) in [7, 11) is 0. The number of rotatable bonds is 14. The number of hydrogen-bond acceptors (Lipinski definition) is 8. The lowest BCUT2D eigenvalue weighted by Crippen LogP contribution is -2.53. The molecule has 0 saturated heterocycles. The average Bonchev–Trinajstić information content (AvgIpc) is 2.68. The molecule has 0 aliphatic heterocycles. The van der Waals surface area contributed by atoms with Crippen LogP contribution in [0.15, 0.2) is 24.5 Å². The summed E-state index contributed by atoms with van der Waals surface area (Å²) in [4.78, 5) is 29.5. The van der Waals surface area contributed by atoms with Crippen LogP contribution in [0, 0.1) is 0 Å². The fraction of sp³-hybridized carbons (Fsp3) is 0.650. The zero-order chi connectivity index (χ0) is 20.8. The molecular formula is C20H31NO6S. The van der Waals surface area contributed by atoms with E-state index >= 15 is 0 Å². The quantitative estimate of drug-likeness (QED) is 0.199. The Morgan fingerprint density at radius 2 is 1.82 bits per heavy atom. The van der Waals surface area contributed by atoms with Crippen molar-refractivity contribution in [1.29, 1.82) is 0 Å². The van der Waals surface area contributed by atoms with E-state index in [9.17, 15) is 9.59 Å². The summed E-state index contributed by atoms with van der Waals surface area (Å²) >= 11 is 1.70. The van der Waals surface area contributed by atoms with E-state index in [-0.39, 0.29) is 19.6 Å². The van der Waals surface area contributed by atoms with Crippen molar-refractivity contribution in [2.45, 2.75) is 58.2 Å². The van der Waals surface area contributed by atoms with Gasteiger partial charge in [0.1, 0.15) is 0 Å². The monoisotopic (exact) mass is 413 g/mol. The fourth-order valence-electron chi connectivity index (χ4n) is 2.59. The van der Waals surface area contributed by atoms with E-state index in [0.29, 0.717) is 13.0 Å². The molecule has 0 radical (unpaired) electrons. The second kappa shape index (κ2) is 13.5. The molecule has 158 valence electrons. The van der Waals surface area contributed by atoms with Crippen molar-refractivity contribution in [1.82, 2.24) is 4.98 Å². The third kappa shape index (κ3) is 7.77. The van der Waals surface area contributed by atoms with E-state index in [1.165, 1.54) is 0 Å². The number of esters is 2. The predicted molar refractivity (Wildman–Crippen MR) is 108 cm³/mol. The van der Waals surface area contributed by atoms with Crippen molar-refractivity contribution in [2.24, 2.45) is 0 Å². The van der Waals surface area contributed by atoms with Gasteiger partial charge in [0.2, 0.25) is 0 Å². The van der Waals surface area contributed by atoms with Crippen molar-refractivity contribution >= 4 is 23.7 Å². The van der Waals surface area contributed by atoms with E-state index in [4.69, 9.17) is 18.9 Å². The van der Waals surface area contributed by atoms with Gasteiger partial charge in [-0.1, -0.05) is 6.07 Å². The molecule has 0 spiro atoms. The lowest BCUT2D eigenvalue weighted by atomic mass is 9.97. The van der Waals surface area contributed by atoms with Crippen LogP contribution in [-0.2, 0) is 34.3 Å². The Hall–Kier alpha value is -1.64. The molecule has 0 saturated carbocycles. The minimum Gasteiger partial charge on any atom is -0.463 e. The molecule has 28 heavy (non-hydrogen) atoms. The molecule has 0 aromatic carbocycles. The van der Waals surface area contributed by atoms with Crippen LogP contribution >= 0.6 is 11.8 Å². The molecular weight excluding hydrogens is 382 g/mol. The maximum atomic E-state index is 12.7. The molecule has 1 heterocycles. The normalized spacial score (nSPS) is 12.4. The first-order valence-corrected chi connectivity index (χ1v) is 10.8. The SMILES string of the molecule is CCOC(=O)C(CCCSCc1cccnc1)(OC(C)OCC)C(=O)OCC. The van der Waals surface area contributed by atoms with E-state index in [0.717, 1.165) is 17.1 Å². The largest absolute Gasteiger partial charge is 0.463 e. The Bertz CT molecular complexity index is 565. The maximum Gasteiger partial charge on any atom is 0.350 e. The summed E-state index contributed by atoms with van der Waals surface area (Å²) in [5.74, 6) is 0.0621. The lowest BCUT2D eigenvalue weighted by molar-refractivity contribution is -0.229. The van der Waals surface area contributed by atoms with Crippen molar-refractivity contribution in [3.8, 4) is 0 Å². The Labute approximate surface area is 171 Å². The third-order valence-corrected chi connectivity index (χ3v) is 4.90. The molecule has 1 unspecified atom stereocenters. The van der Waals surface area contributed by atoms with Crippen LogP contribution in [0.4, 0.5) is 0 Å². The highest BCUT2D eigenvalue weighted by Gasteiger charge is 2.51. The van der Waals surface area contributed by atoms with Crippen LogP contribution in [0.2, 0.25) is 0 Å². The van der Waals surface area contributed by atoms with Gasteiger partial charge in [-0.2, -0.15) is 11.8 Å². The van der Waals surface area contributed by atoms with Crippen molar-refractivity contribution in [3.63, 3.8) is 0 Å². The summed E-state index contributed by atoms with van der Waals surface area (Å²) in [6.07, 6.45) is 3.53. The Balaban J connectivity index is 2.80. The molecule has 1 aromatic rings. The number of nitrogens with zero attached hydrogens (tertiary/aromatic N) is 1. The van der Waals surface area contributed by atoms with Gasteiger partial charge in [-0.25, -0.2) is 9.59 Å². The number of hydrogen-bond donors (Lipinski definition) is 0. The first kappa shape index (κ1) is 24.4. The van der Waals surface area contributed by atoms with Gasteiger partial charge < -0.3 is 18.9 Å². The molecule has 8 heteroatoms. The molecule has 0 amide bonds. The molecule has 7 nitrogen and oxygen atoms in total. The van der Waals surface area contributed by atoms with Gasteiger partial charge in [-0.05, 0) is 57.9 Å². The van der Waals surface area contributed by atoms with Crippen LogP contribution in [0.3, 0.4) is 0 Å². The maximum absolute atomic E-state index is 12.7. The molecule has 0 N–H and O–H groups in total. The number of carbonyl (C=O) groups is 2. The van der Waals surface area contributed by atoms with Gasteiger partial charge in [-0.15, -0.1) is 0 Å². The van der Waals surface area contributed by atoms with Crippen LogP contribution in [0.5, 0.6) is 0 Å². The van der Waals surface area contributed by atoms with Gasteiger partial charge in [0.05, 0.1) is 13.2 Å². The predicted octanol–water partition coefficient (Wildman–Crippen LogP) is 3.36. The van der Waals surface area contributed by atoms with E-state index in [2.05, 4.69) is 4.98 Å². The molecule has 1 aromatic heterocycles. The van der Waals surface area contributed by atoms with Crippen molar-refractivity contribution in [2.75, 3.05) is 25.6 Å². The zero-order valence-electron chi connectivity index (χ0n) is 17.1. The second-order valence-corrected chi connectivity index (χ2v) is 7.03. The minimum absolute atomic E-state index is 0.141. The highest BCUT2D eigenvalue weighted by molar-refractivity contribution is 7.98. The van der Waals surface area contributed by atoms with Gasteiger partial charge >= 0.3 is 11.9 Å². The first-order valence-electron chi connectivity index (χ1n) is 9.60. The van der Waals surface area contributed by atoms with Gasteiger partial charge in [0.25, 0.3) is 5.60 Å². The molecule has 0 aliphatic rings. The van der Waals surface area contributed by atoms with Crippen molar-refractivity contribution < 1.29 is 28.5 Å². The Morgan fingerprint density at radius 1 is 1.14 bits per heavy atom. The van der Waals surface area contributed by atoms with E-state index in [1.54, 1.807) is 38.7 Å². The van der Waals surface area contributed by atoms with Crippen LogP contribution in [0.25, 0.3) is 0 Å². The summed E-state index contributed by atoms with van der Waals surface area (Å²) in [6.45, 7) is 7.50. The highest BCUT2D eigenvalue weighted by Crippen LogP contribution is 2.27. The van der Waals surface area contributed by atoms with E-state index < -0.39 is 23.8 Å². The average molecular weight is 414 g/mol. The first-order chi connectivity index (χ1) is 13.5. The molecule has 1 atom stereocenters. The number of pyridine rings is 1. The standard InChI is InChI=1S/C20H31NO6S/c1-5-24-16(4)27-20(18(22)25-6-2,19(23)26-7-3)11-9-13-28-15-17-10-8-12-21-14-17/h8,10,12,14,16H,5-7,9,11,13,15H2,1-4H3. The van der Waals surface area contributed by atoms with Gasteiger partial charge in [0, 0.05) is 24.8 Å². The summed E-state index contributed by atoms with van der Waals surface area (Å²) in [5.41, 5.74) is -0.703. The van der Waals surface area contributed by atoms with E-state index in [1.807, 2.05) is 25.3 Å². The summed E-state index contributed by atoms with van der Waals surface area (Å²) in [5, 5.41) is 0. The zero-order valence-corrected chi connectivity index (χ0v) is 18.0. The molecule has 0 fully saturated rings. The fourth-order valence-corrected chi connectivity index (χ4v) is 3.49. The molecule has 0 bridgehead atoms. The topological polar surface area (TPSA) is 84.0 Å². The second-order valence-electron chi connectivity index (χ2n) is 5.93. The molecule has 0 aliphatic carbocycles. The summed E-state index contributed by atoms with van der Waals surface area (Å²) < 4.78 is 21.5. The number of carbonyl (C=O) groups excluding carboxylic acids is 2. The Kier molecular flexibility index (Phi) is 11.8. The van der Waals surface area contributed by atoms with Gasteiger partial charge in [0.15, 0.2) is 6.29 Å². The smallest absolute Gasteiger partial charge is 0.350 e. The number of ether oxygens (including phenoxy) is 4. The van der Waals surface area contributed by atoms with Crippen molar-refractivity contribution in [3.05, 3.63) is 30.1 Å². The van der Waals surface area contributed by atoms with Gasteiger partial charge in [-0.3, -0.25) is 4.98 Å². The highest BCUT2D eigenvalue weighted by atomic mass is 32.2. The lowest BCUT2D eigenvalue weighted by Gasteiger charge is -2.31. The minimum atomic E-state index is -1.82. The summed E-state index contributed by atoms with van der Waals surface area (Å²) in [6, 6.07) is 3.90. The number of thioether (sulfide) groups is 1. The number of aromatic nitrogens is 1. The third-order valence-electron chi connectivity index (χ3n) is 3.79.